The smallest absolute Gasteiger partial charge is 0.356 e. The first kappa shape index (κ1) is 11.9. The van der Waals surface area contributed by atoms with Gasteiger partial charge in [0.1, 0.15) is 5.69 Å². The van der Waals surface area contributed by atoms with Crippen molar-refractivity contribution < 1.29 is 9.53 Å². The van der Waals surface area contributed by atoms with Crippen LogP contribution in [-0.4, -0.2) is 23.3 Å². The molecular weight excluding hydrogens is 284 g/mol. The van der Waals surface area contributed by atoms with E-state index in [0.717, 1.165) is 21.3 Å². The Bertz CT molecular complexity index is 563. The van der Waals surface area contributed by atoms with Crippen molar-refractivity contribution in [1.29, 1.82) is 0 Å². The van der Waals surface area contributed by atoms with Crippen LogP contribution in [0.25, 0.3) is 11.3 Å². The minimum atomic E-state index is -0.420. The molecule has 0 atom stereocenters. The number of carbonyl (C=O) groups is 1. The summed E-state index contributed by atoms with van der Waals surface area (Å²) in [6.45, 7) is 1.99. The molecule has 0 fully saturated rings. The Hall–Kier alpha value is -1.62. The summed E-state index contributed by atoms with van der Waals surface area (Å²) in [6.07, 6.45) is 0. The first-order chi connectivity index (χ1) is 8.11. The Kier molecular flexibility index (Phi) is 3.28. The second-order valence-corrected chi connectivity index (χ2v) is 4.53. The number of aryl methyl sites for hydroxylation is 1. The number of nitrogens with zero attached hydrogens (tertiary/aromatic N) is 1. The highest BCUT2D eigenvalue weighted by atomic mass is 79.9. The molecule has 0 unspecified atom stereocenters. The molecule has 0 radical (unpaired) electrons. The van der Waals surface area contributed by atoms with Gasteiger partial charge in [0, 0.05) is 10.0 Å². The summed E-state index contributed by atoms with van der Waals surface area (Å²) in [5.74, 6) is -0.420. The standard InChI is InChI=1S/C12H11BrN2O2/c1-7-3-4-8(13)5-9(7)10-6-11(15-14-10)12(16)17-2/h3-6H,1-2H3,(H,14,15). The van der Waals surface area contributed by atoms with E-state index in [0.29, 0.717) is 5.69 Å². The van der Waals surface area contributed by atoms with Crippen LogP contribution in [0.1, 0.15) is 16.1 Å². The topological polar surface area (TPSA) is 55.0 Å². The van der Waals surface area contributed by atoms with Gasteiger partial charge in [-0.1, -0.05) is 22.0 Å². The molecule has 1 N–H and O–H groups in total. The molecule has 0 saturated heterocycles. The lowest BCUT2D eigenvalue weighted by atomic mass is 10.1. The first-order valence-electron chi connectivity index (χ1n) is 5.02. The third-order valence-corrected chi connectivity index (χ3v) is 2.95. The summed E-state index contributed by atoms with van der Waals surface area (Å²) >= 11 is 3.41. The Morgan fingerprint density at radius 2 is 2.18 bits per heavy atom. The zero-order chi connectivity index (χ0) is 12.4. The van der Waals surface area contributed by atoms with Crippen LogP contribution < -0.4 is 0 Å². The third kappa shape index (κ3) is 2.39. The number of benzene rings is 1. The van der Waals surface area contributed by atoms with Crippen molar-refractivity contribution in [3.05, 3.63) is 40.0 Å². The molecular formula is C12H11BrN2O2. The van der Waals surface area contributed by atoms with Gasteiger partial charge in [-0.15, -0.1) is 0 Å². The molecule has 1 heterocycles. The maximum absolute atomic E-state index is 11.3. The van der Waals surface area contributed by atoms with Crippen LogP contribution in [0.3, 0.4) is 0 Å². The average molecular weight is 295 g/mol. The molecule has 1 aromatic carbocycles. The molecule has 2 aromatic rings. The van der Waals surface area contributed by atoms with E-state index in [1.165, 1.54) is 7.11 Å². The van der Waals surface area contributed by atoms with Crippen molar-refractivity contribution in [1.82, 2.24) is 10.2 Å². The number of methoxy groups -OCH3 is 1. The van der Waals surface area contributed by atoms with Gasteiger partial charge in [0.25, 0.3) is 0 Å². The van der Waals surface area contributed by atoms with Gasteiger partial charge < -0.3 is 4.74 Å². The van der Waals surface area contributed by atoms with Crippen LogP contribution in [0.2, 0.25) is 0 Å². The fourth-order valence-corrected chi connectivity index (χ4v) is 1.91. The molecule has 0 aliphatic carbocycles. The maximum Gasteiger partial charge on any atom is 0.356 e. The highest BCUT2D eigenvalue weighted by molar-refractivity contribution is 9.10. The number of aromatic amines is 1. The van der Waals surface area contributed by atoms with E-state index in [2.05, 4.69) is 30.9 Å². The minimum Gasteiger partial charge on any atom is -0.464 e. The Balaban J connectivity index is 2.43. The molecule has 4 nitrogen and oxygen atoms in total. The van der Waals surface area contributed by atoms with Gasteiger partial charge in [0.15, 0.2) is 0 Å². The monoisotopic (exact) mass is 294 g/mol. The van der Waals surface area contributed by atoms with Crippen LogP contribution in [-0.2, 0) is 4.74 Å². The summed E-state index contributed by atoms with van der Waals surface area (Å²) in [6, 6.07) is 7.60. The Labute approximate surface area is 107 Å². The fourth-order valence-electron chi connectivity index (χ4n) is 1.54. The summed E-state index contributed by atoms with van der Waals surface area (Å²) in [5.41, 5.74) is 3.15. The van der Waals surface area contributed by atoms with Crippen LogP contribution >= 0.6 is 15.9 Å². The van der Waals surface area contributed by atoms with E-state index in [-0.39, 0.29) is 0 Å². The largest absolute Gasteiger partial charge is 0.464 e. The third-order valence-electron chi connectivity index (χ3n) is 2.46. The van der Waals surface area contributed by atoms with Crippen molar-refractivity contribution >= 4 is 21.9 Å². The summed E-state index contributed by atoms with van der Waals surface area (Å²) in [5, 5.41) is 6.77. The van der Waals surface area contributed by atoms with Crippen LogP contribution in [0.5, 0.6) is 0 Å². The van der Waals surface area contributed by atoms with E-state index >= 15 is 0 Å². The number of ether oxygens (including phenoxy) is 1. The lowest BCUT2D eigenvalue weighted by molar-refractivity contribution is 0.0594. The van der Waals surface area contributed by atoms with Crippen molar-refractivity contribution in [2.45, 2.75) is 6.92 Å². The van der Waals surface area contributed by atoms with Gasteiger partial charge in [-0.25, -0.2) is 4.79 Å². The van der Waals surface area contributed by atoms with Gasteiger partial charge in [0.05, 0.1) is 12.8 Å². The molecule has 0 aliphatic rings. The van der Waals surface area contributed by atoms with E-state index in [1.54, 1.807) is 6.07 Å². The summed E-state index contributed by atoms with van der Waals surface area (Å²) in [4.78, 5) is 11.3. The van der Waals surface area contributed by atoms with E-state index < -0.39 is 5.97 Å². The van der Waals surface area contributed by atoms with Gasteiger partial charge in [-0.2, -0.15) is 5.10 Å². The number of nitrogens with one attached hydrogen (secondary N) is 1. The number of rotatable bonds is 2. The highest BCUT2D eigenvalue weighted by Gasteiger charge is 2.12. The molecule has 0 bridgehead atoms. The number of hydrogen-bond donors (Lipinski definition) is 1. The van der Waals surface area contributed by atoms with E-state index in [9.17, 15) is 4.79 Å². The lowest BCUT2D eigenvalue weighted by Gasteiger charge is -2.02. The van der Waals surface area contributed by atoms with Gasteiger partial charge in [0.2, 0.25) is 0 Å². The molecule has 2 rings (SSSR count). The van der Waals surface area contributed by atoms with Crippen molar-refractivity contribution in [2.24, 2.45) is 0 Å². The van der Waals surface area contributed by atoms with Crippen LogP contribution in [0.15, 0.2) is 28.7 Å². The predicted molar refractivity (Wildman–Crippen MR) is 67.8 cm³/mol. The predicted octanol–water partition coefficient (Wildman–Crippen LogP) is 2.93. The second-order valence-electron chi connectivity index (χ2n) is 3.62. The van der Waals surface area contributed by atoms with Crippen molar-refractivity contribution in [3.63, 3.8) is 0 Å². The summed E-state index contributed by atoms with van der Waals surface area (Å²) < 4.78 is 5.59. The van der Waals surface area contributed by atoms with E-state index in [4.69, 9.17) is 0 Å². The molecule has 0 aliphatic heterocycles. The zero-order valence-electron chi connectivity index (χ0n) is 9.45. The van der Waals surface area contributed by atoms with Crippen LogP contribution in [0.4, 0.5) is 0 Å². The maximum atomic E-state index is 11.3. The minimum absolute atomic E-state index is 0.349. The number of carbonyl (C=O) groups excluding carboxylic acids is 1. The second kappa shape index (κ2) is 4.71. The van der Waals surface area contributed by atoms with E-state index in [1.807, 2.05) is 25.1 Å². The van der Waals surface area contributed by atoms with Crippen molar-refractivity contribution in [3.8, 4) is 11.3 Å². The molecule has 0 saturated carbocycles. The Morgan fingerprint density at radius 3 is 2.88 bits per heavy atom. The zero-order valence-corrected chi connectivity index (χ0v) is 11.0. The number of hydrogen-bond acceptors (Lipinski definition) is 3. The van der Waals surface area contributed by atoms with Crippen molar-refractivity contribution in [2.75, 3.05) is 7.11 Å². The number of aromatic nitrogens is 2. The average Bonchev–Trinajstić information content (AvgIpc) is 2.80. The molecule has 0 amide bonds. The highest BCUT2D eigenvalue weighted by Crippen LogP contribution is 2.25. The quantitative estimate of drug-likeness (QED) is 0.867. The molecule has 1 aromatic heterocycles. The first-order valence-corrected chi connectivity index (χ1v) is 5.81. The number of esters is 1. The van der Waals surface area contributed by atoms with Gasteiger partial charge in [-0.05, 0) is 30.7 Å². The van der Waals surface area contributed by atoms with Gasteiger partial charge in [-0.3, -0.25) is 5.10 Å². The number of H-pyrrole nitrogens is 1. The normalized spacial score (nSPS) is 10.3. The number of halogens is 1. The molecule has 17 heavy (non-hydrogen) atoms. The molecule has 88 valence electrons. The summed E-state index contributed by atoms with van der Waals surface area (Å²) in [7, 11) is 1.34. The SMILES string of the molecule is COC(=O)c1cc(-c2cc(Br)ccc2C)n[nH]1. The Morgan fingerprint density at radius 1 is 1.41 bits per heavy atom. The fraction of sp³-hybridized carbons (Fsp3) is 0.167. The van der Waals surface area contributed by atoms with Gasteiger partial charge >= 0.3 is 5.97 Å². The van der Waals surface area contributed by atoms with Crippen LogP contribution in [0, 0.1) is 6.92 Å². The lowest BCUT2D eigenvalue weighted by Crippen LogP contribution is -2.00. The molecule has 0 spiro atoms. The molecule has 5 heteroatoms.